The summed E-state index contributed by atoms with van der Waals surface area (Å²) in [6, 6.07) is 9.48. The molecule has 1 aromatic carbocycles. The molecule has 2 aliphatic heterocycles. The molecule has 19 heavy (non-hydrogen) atoms. The summed E-state index contributed by atoms with van der Waals surface area (Å²) in [6.45, 7) is 3.71. The first kappa shape index (κ1) is 11.5. The minimum absolute atomic E-state index is 0.219. The van der Waals surface area contributed by atoms with Gasteiger partial charge in [-0.1, -0.05) is 36.9 Å². The standard InChI is InChI=1S/C14H12N2O3/c1-2-18-14-15-10-8-19-13(17)11(10)12(16-14)9-6-4-3-5-7-9/h2-7,12H,1,8H2,(H,15,16). The van der Waals surface area contributed by atoms with E-state index >= 15 is 0 Å². The molecular formula is C14H12N2O3. The fourth-order valence-corrected chi connectivity index (χ4v) is 2.16. The number of carbonyl (C=O) groups excluding carboxylic acids is 1. The van der Waals surface area contributed by atoms with Crippen LogP contribution in [0.25, 0.3) is 0 Å². The molecule has 2 aliphatic rings. The molecule has 1 N–H and O–H groups in total. The topological polar surface area (TPSA) is 59.9 Å². The number of cyclic esters (lactones) is 1. The van der Waals surface area contributed by atoms with Gasteiger partial charge in [0.15, 0.2) is 0 Å². The van der Waals surface area contributed by atoms with Crippen LogP contribution in [0.1, 0.15) is 11.6 Å². The lowest BCUT2D eigenvalue weighted by Gasteiger charge is -2.21. The summed E-state index contributed by atoms with van der Waals surface area (Å²) < 4.78 is 10.2. The Kier molecular flexibility index (Phi) is 2.79. The fraction of sp³-hybridized carbons (Fsp3) is 0.143. The molecule has 0 spiro atoms. The molecule has 0 aromatic heterocycles. The molecule has 1 unspecified atom stereocenters. The number of hydrogen-bond acceptors (Lipinski definition) is 5. The molecule has 0 saturated carbocycles. The number of hydrogen-bond donors (Lipinski definition) is 1. The zero-order valence-corrected chi connectivity index (χ0v) is 10.1. The van der Waals surface area contributed by atoms with Gasteiger partial charge in [0.1, 0.15) is 12.6 Å². The SMILES string of the molecule is C=COC1=NC(c2ccccc2)C2=C(COC2=O)N1. The van der Waals surface area contributed by atoms with E-state index < -0.39 is 6.04 Å². The average molecular weight is 256 g/mol. The Bertz CT molecular complexity index is 590. The van der Waals surface area contributed by atoms with E-state index in [4.69, 9.17) is 9.47 Å². The molecule has 1 aromatic rings. The van der Waals surface area contributed by atoms with Crippen LogP contribution in [0.3, 0.4) is 0 Å². The summed E-state index contributed by atoms with van der Waals surface area (Å²) in [4.78, 5) is 16.2. The summed E-state index contributed by atoms with van der Waals surface area (Å²) in [7, 11) is 0. The summed E-state index contributed by atoms with van der Waals surface area (Å²) in [5.74, 6) is -0.335. The van der Waals surface area contributed by atoms with E-state index in [2.05, 4.69) is 16.9 Å². The second-order valence-corrected chi connectivity index (χ2v) is 4.13. The number of nitrogens with one attached hydrogen (secondary N) is 1. The summed E-state index contributed by atoms with van der Waals surface area (Å²) in [6.07, 6.45) is 1.29. The van der Waals surface area contributed by atoms with Crippen LogP contribution in [0.15, 0.2) is 59.4 Å². The Morgan fingerprint density at radius 1 is 1.42 bits per heavy atom. The van der Waals surface area contributed by atoms with E-state index in [1.807, 2.05) is 30.3 Å². The molecule has 0 radical (unpaired) electrons. The largest absolute Gasteiger partial charge is 0.456 e. The van der Waals surface area contributed by atoms with E-state index in [0.717, 1.165) is 5.56 Å². The molecule has 0 fully saturated rings. The molecule has 5 heteroatoms. The maximum absolute atomic E-state index is 11.8. The first-order chi connectivity index (χ1) is 9.29. The van der Waals surface area contributed by atoms with E-state index in [1.165, 1.54) is 6.26 Å². The first-order valence-corrected chi connectivity index (χ1v) is 5.87. The number of aliphatic imine (C=N–C) groups is 1. The van der Waals surface area contributed by atoms with Gasteiger partial charge in [0, 0.05) is 0 Å². The second-order valence-electron chi connectivity index (χ2n) is 4.13. The number of amidine groups is 1. The molecule has 0 aliphatic carbocycles. The third-order valence-corrected chi connectivity index (χ3v) is 2.98. The Morgan fingerprint density at radius 2 is 2.21 bits per heavy atom. The van der Waals surface area contributed by atoms with Crippen LogP contribution in [-0.2, 0) is 14.3 Å². The quantitative estimate of drug-likeness (QED) is 0.645. The van der Waals surface area contributed by atoms with Crippen molar-refractivity contribution in [3.63, 3.8) is 0 Å². The molecule has 1 atom stereocenters. The Morgan fingerprint density at radius 3 is 2.95 bits per heavy atom. The molecule has 0 saturated heterocycles. The van der Waals surface area contributed by atoms with Crippen LogP contribution in [-0.4, -0.2) is 18.6 Å². The van der Waals surface area contributed by atoms with E-state index in [0.29, 0.717) is 17.3 Å². The minimum Gasteiger partial charge on any atom is -0.456 e. The Labute approximate surface area is 110 Å². The van der Waals surface area contributed by atoms with Gasteiger partial charge in [-0.25, -0.2) is 9.79 Å². The van der Waals surface area contributed by atoms with Gasteiger partial charge in [0.25, 0.3) is 6.02 Å². The Balaban J connectivity index is 2.03. The predicted molar refractivity (Wildman–Crippen MR) is 69.0 cm³/mol. The van der Waals surface area contributed by atoms with Gasteiger partial charge in [-0.05, 0) is 5.56 Å². The van der Waals surface area contributed by atoms with Crippen molar-refractivity contribution in [1.82, 2.24) is 5.32 Å². The number of ether oxygens (including phenoxy) is 2. The highest BCUT2D eigenvalue weighted by molar-refractivity contribution is 5.96. The summed E-state index contributed by atoms with van der Waals surface area (Å²) in [5.41, 5.74) is 2.16. The number of esters is 1. The van der Waals surface area contributed by atoms with Gasteiger partial charge >= 0.3 is 5.97 Å². The maximum Gasteiger partial charge on any atom is 0.338 e. The lowest BCUT2D eigenvalue weighted by molar-refractivity contribution is -0.136. The second kappa shape index (κ2) is 4.61. The molecule has 0 bridgehead atoms. The third-order valence-electron chi connectivity index (χ3n) is 2.98. The normalized spacial score (nSPS) is 21.2. The van der Waals surface area contributed by atoms with Crippen LogP contribution < -0.4 is 5.32 Å². The van der Waals surface area contributed by atoms with Crippen molar-refractivity contribution < 1.29 is 14.3 Å². The van der Waals surface area contributed by atoms with Gasteiger partial charge in [-0.3, -0.25) is 0 Å². The average Bonchev–Trinajstić information content (AvgIpc) is 2.81. The summed E-state index contributed by atoms with van der Waals surface area (Å²) in [5, 5.41) is 2.94. The molecule has 96 valence electrons. The number of rotatable bonds is 2. The van der Waals surface area contributed by atoms with Crippen molar-refractivity contribution in [3.05, 3.63) is 60.0 Å². The smallest absolute Gasteiger partial charge is 0.338 e. The van der Waals surface area contributed by atoms with E-state index in [-0.39, 0.29) is 12.6 Å². The van der Waals surface area contributed by atoms with Crippen LogP contribution in [0.5, 0.6) is 0 Å². The monoisotopic (exact) mass is 256 g/mol. The van der Waals surface area contributed by atoms with Crippen molar-refractivity contribution in [2.45, 2.75) is 6.04 Å². The minimum atomic E-state index is -0.401. The van der Waals surface area contributed by atoms with Crippen LogP contribution in [0.4, 0.5) is 0 Å². The highest BCUT2D eigenvalue weighted by Crippen LogP contribution is 2.34. The highest BCUT2D eigenvalue weighted by Gasteiger charge is 2.36. The van der Waals surface area contributed by atoms with Crippen LogP contribution in [0, 0.1) is 0 Å². The fourth-order valence-electron chi connectivity index (χ4n) is 2.16. The zero-order chi connectivity index (χ0) is 13.2. The van der Waals surface area contributed by atoms with Crippen molar-refractivity contribution in [2.75, 3.05) is 6.61 Å². The Hall–Kier alpha value is -2.56. The van der Waals surface area contributed by atoms with Crippen LogP contribution in [0.2, 0.25) is 0 Å². The molecule has 0 amide bonds. The number of nitrogens with zero attached hydrogens (tertiary/aromatic N) is 1. The number of carbonyl (C=O) groups is 1. The van der Waals surface area contributed by atoms with Gasteiger partial charge in [0.2, 0.25) is 0 Å². The van der Waals surface area contributed by atoms with Gasteiger partial charge in [0.05, 0.1) is 17.5 Å². The van der Waals surface area contributed by atoms with Crippen molar-refractivity contribution in [2.24, 2.45) is 4.99 Å². The predicted octanol–water partition coefficient (Wildman–Crippen LogP) is 1.66. The van der Waals surface area contributed by atoms with Gasteiger partial charge < -0.3 is 14.8 Å². The van der Waals surface area contributed by atoms with Crippen LogP contribution >= 0.6 is 0 Å². The molecule has 3 rings (SSSR count). The van der Waals surface area contributed by atoms with Crippen molar-refractivity contribution >= 4 is 12.0 Å². The third kappa shape index (κ3) is 1.99. The van der Waals surface area contributed by atoms with E-state index in [1.54, 1.807) is 0 Å². The van der Waals surface area contributed by atoms with Crippen molar-refractivity contribution in [1.29, 1.82) is 0 Å². The summed E-state index contributed by atoms with van der Waals surface area (Å²) >= 11 is 0. The highest BCUT2D eigenvalue weighted by atomic mass is 16.5. The number of benzene rings is 1. The van der Waals surface area contributed by atoms with E-state index in [9.17, 15) is 4.79 Å². The van der Waals surface area contributed by atoms with Gasteiger partial charge in [-0.2, -0.15) is 0 Å². The lowest BCUT2D eigenvalue weighted by atomic mass is 9.97. The first-order valence-electron chi connectivity index (χ1n) is 5.87. The zero-order valence-electron chi connectivity index (χ0n) is 10.1. The van der Waals surface area contributed by atoms with Gasteiger partial charge in [-0.15, -0.1) is 0 Å². The molecular weight excluding hydrogens is 244 g/mol. The molecule has 2 heterocycles. The van der Waals surface area contributed by atoms with Crippen molar-refractivity contribution in [3.8, 4) is 0 Å². The maximum atomic E-state index is 11.8. The lowest BCUT2D eigenvalue weighted by Crippen LogP contribution is -2.31. The molecule has 5 nitrogen and oxygen atoms in total.